The molecule has 28 heavy (non-hydrogen) atoms. The number of amides is 2. The maximum atomic E-state index is 12.7. The van der Waals surface area contributed by atoms with Gasteiger partial charge in [0.2, 0.25) is 5.91 Å². The number of aromatic nitrogens is 1. The molecule has 0 bridgehead atoms. The highest BCUT2D eigenvalue weighted by atomic mass is 32.1. The van der Waals surface area contributed by atoms with Crippen LogP contribution in [0.4, 0.5) is 5.13 Å². The van der Waals surface area contributed by atoms with Crippen molar-refractivity contribution in [3.05, 3.63) is 52.7 Å². The molecule has 2 amide bonds. The first-order valence-electron chi connectivity index (χ1n) is 8.73. The predicted octanol–water partition coefficient (Wildman–Crippen LogP) is 4.27. The summed E-state index contributed by atoms with van der Waals surface area (Å²) in [5.41, 5.74) is 1.30. The van der Waals surface area contributed by atoms with Crippen molar-refractivity contribution < 1.29 is 14.3 Å². The van der Waals surface area contributed by atoms with Gasteiger partial charge >= 0.3 is 0 Å². The molecule has 6 nitrogen and oxygen atoms in total. The molecule has 0 saturated heterocycles. The number of hydrogen-bond acceptors (Lipinski definition) is 6. The highest BCUT2D eigenvalue weighted by Gasteiger charge is 2.25. The summed E-state index contributed by atoms with van der Waals surface area (Å²) >= 11 is 2.96. The predicted molar refractivity (Wildman–Crippen MR) is 113 cm³/mol. The van der Waals surface area contributed by atoms with Gasteiger partial charge in [-0.05, 0) is 41.6 Å². The van der Waals surface area contributed by atoms with Gasteiger partial charge < -0.3 is 15.4 Å². The Morgan fingerprint density at radius 3 is 2.46 bits per heavy atom. The molecule has 3 rings (SSSR count). The average molecular weight is 416 g/mol. The molecule has 146 valence electrons. The van der Waals surface area contributed by atoms with Crippen LogP contribution >= 0.6 is 22.7 Å². The third-order valence-corrected chi connectivity index (χ3v) is 5.75. The Bertz CT molecular complexity index is 934. The highest BCUT2D eigenvalue weighted by Crippen LogP contribution is 2.28. The van der Waals surface area contributed by atoms with Gasteiger partial charge in [0, 0.05) is 10.9 Å². The van der Waals surface area contributed by atoms with Gasteiger partial charge in [-0.3, -0.25) is 9.59 Å². The van der Waals surface area contributed by atoms with Gasteiger partial charge in [0.1, 0.15) is 11.8 Å². The van der Waals surface area contributed by atoms with Crippen molar-refractivity contribution in [1.82, 2.24) is 10.3 Å². The summed E-state index contributed by atoms with van der Waals surface area (Å²) in [6.45, 7) is 3.77. The van der Waals surface area contributed by atoms with Crippen molar-refractivity contribution in [2.45, 2.75) is 19.9 Å². The van der Waals surface area contributed by atoms with E-state index in [0.29, 0.717) is 16.4 Å². The van der Waals surface area contributed by atoms with Crippen LogP contribution in [0.1, 0.15) is 24.2 Å². The minimum absolute atomic E-state index is 0.0843. The summed E-state index contributed by atoms with van der Waals surface area (Å²) in [5, 5.41) is 10.0. The minimum Gasteiger partial charge on any atom is -0.497 e. The molecule has 2 aromatic heterocycles. The molecule has 3 aromatic rings. The quantitative estimate of drug-likeness (QED) is 0.604. The Balaban J connectivity index is 1.67. The first-order valence-corrected chi connectivity index (χ1v) is 10.5. The summed E-state index contributed by atoms with van der Waals surface area (Å²) < 4.78 is 5.10. The number of nitrogens with zero attached hydrogens (tertiary/aromatic N) is 1. The number of carbonyl (C=O) groups excluding carboxylic acids is 2. The number of anilines is 1. The van der Waals surface area contributed by atoms with Gasteiger partial charge in [-0.25, -0.2) is 4.98 Å². The van der Waals surface area contributed by atoms with E-state index in [2.05, 4.69) is 15.6 Å². The summed E-state index contributed by atoms with van der Waals surface area (Å²) in [4.78, 5) is 30.8. The molecule has 2 heterocycles. The maximum Gasteiger partial charge on any atom is 0.251 e. The molecule has 1 unspecified atom stereocenters. The number of methoxy groups -OCH3 is 1. The smallest absolute Gasteiger partial charge is 0.251 e. The standard InChI is InChI=1S/C20H21N3O3S2/c1-12(2)17(22-18(24)13-6-8-14(26-3)9-7-13)19(25)23-20-21-15(11-28-20)16-5-4-10-27-16/h4-12,17H,1-3H3,(H,22,24)(H,21,23,25). The van der Waals surface area contributed by atoms with Crippen LogP contribution in [0.5, 0.6) is 5.75 Å². The zero-order valence-corrected chi connectivity index (χ0v) is 17.4. The number of thiazole rings is 1. The second-order valence-electron chi connectivity index (χ2n) is 6.43. The number of benzene rings is 1. The molecule has 0 aliphatic carbocycles. The topological polar surface area (TPSA) is 80.3 Å². The van der Waals surface area contributed by atoms with E-state index in [1.54, 1.807) is 42.7 Å². The number of thiophene rings is 1. The van der Waals surface area contributed by atoms with E-state index in [0.717, 1.165) is 10.6 Å². The zero-order chi connectivity index (χ0) is 20.1. The fourth-order valence-corrected chi connectivity index (χ4v) is 4.03. The van der Waals surface area contributed by atoms with E-state index in [1.807, 2.05) is 36.7 Å². The number of rotatable bonds is 7. The Kier molecular flexibility index (Phi) is 6.43. The van der Waals surface area contributed by atoms with Gasteiger partial charge in [0.05, 0.1) is 17.7 Å². The van der Waals surface area contributed by atoms with Gasteiger partial charge in [-0.1, -0.05) is 19.9 Å². The molecular weight excluding hydrogens is 394 g/mol. The molecular formula is C20H21N3O3S2. The Labute approximate surface area is 171 Å². The second-order valence-corrected chi connectivity index (χ2v) is 8.23. The fraction of sp³-hybridized carbons (Fsp3) is 0.250. The summed E-state index contributed by atoms with van der Waals surface area (Å²) in [6, 6.07) is 10.0. The monoisotopic (exact) mass is 415 g/mol. The minimum atomic E-state index is -0.677. The Hall–Kier alpha value is -2.71. The van der Waals surface area contributed by atoms with Crippen molar-refractivity contribution >= 4 is 39.6 Å². The van der Waals surface area contributed by atoms with Crippen LogP contribution in [0.25, 0.3) is 10.6 Å². The first kappa shape index (κ1) is 20.0. The molecule has 0 saturated carbocycles. The van der Waals surface area contributed by atoms with Crippen LogP contribution in [0.3, 0.4) is 0 Å². The van der Waals surface area contributed by atoms with E-state index in [9.17, 15) is 9.59 Å². The van der Waals surface area contributed by atoms with E-state index in [4.69, 9.17) is 4.74 Å². The Morgan fingerprint density at radius 1 is 1.11 bits per heavy atom. The summed E-state index contributed by atoms with van der Waals surface area (Å²) in [7, 11) is 1.57. The van der Waals surface area contributed by atoms with E-state index in [-0.39, 0.29) is 17.7 Å². The van der Waals surface area contributed by atoms with Crippen molar-refractivity contribution in [3.63, 3.8) is 0 Å². The van der Waals surface area contributed by atoms with E-state index < -0.39 is 6.04 Å². The third kappa shape index (κ3) is 4.76. The van der Waals surface area contributed by atoms with Gasteiger partial charge in [0.25, 0.3) is 5.91 Å². The van der Waals surface area contributed by atoms with Crippen LogP contribution < -0.4 is 15.4 Å². The van der Waals surface area contributed by atoms with E-state index >= 15 is 0 Å². The second kappa shape index (κ2) is 8.99. The largest absolute Gasteiger partial charge is 0.497 e. The van der Waals surface area contributed by atoms with Crippen LogP contribution in [-0.4, -0.2) is 29.9 Å². The molecule has 0 aliphatic heterocycles. The lowest BCUT2D eigenvalue weighted by atomic mass is 10.0. The molecule has 1 aromatic carbocycles. The molecule has 8 heteroatoms. The molecule has 0 radical (unpaired) electrons. The molecule has 2 N–H and O–H groups in total. The van der Waals surface area contributed by atoms with Crippen molar-refractivity contribution in [2.75, 3.05) is 12.4 Å². The normalized spacial score (nSPS) is 11.9. The maximum absolute atomic E-state index is 12.7. The Morgan fingerprint density at radius 2 is 1.86 bits per heavy atom. The average Bonchev–Trinajstić information content (AvgIpc) is 3.37. The van der Waals surface area contributed by atoms with Crippen LogP contribution in [-0.2, 0) is 4.79 Å². The van der Waals surface area contributed by atoms with E-state index in [1.165, 1.54) is 11.3 Å². The first-order chi connectivity index (χ1) is 13.5. The molecule has 0 fully saturated rings. The van der Waals surface area contributed by atoms with Gasteiger partial charge in [-0.2, -0.15) is 0 Å². The summed E-state index contributed by atoms with van der Waals surface area (Å²) in [5.74, 6) is -0.0159. The lowest BCUT2D eigenvalue weighted by Crippen LogP contribution is -2.47. The lowest BCUT2D eigenvalue weighted by molar-refractivity contribution is -0.118. The molecule has 1 atom stereocenters. The van der Waals surface area contributed by atoms with Crippen molar-refractivity contribution in [2.24, 2.45) is 5.92 Å². The van der Waals surface area contributed by atoms with Gasteiger partial charge in [0.15, 0.2) is 5.13 Å². The lowest BCUT2D eigenvalue weighted by Gasteiger charge is -2.21. The fourth-order valence-electron chi connectivity index (χ4n) is 2.55. The zero-order valence-electron chi connectivity index (χ0n) is 15.8. The van der Waals surface area contributed by atoms with Crippen molar-refractivity contribution in [1.29, 1.82) is 0 Å². The third-order valence-electron chi connectivity index (χ3n) is 4.10. The number of ether oxygens (including phenoxy) is 1. The number of hydrogen-bond donors (Lipinski definition) is 2. The van der Waals surface area contributed by atoms with Crippen LogP contribution in [0.15, 0.2) is 47.2 Å². The SMILES string of the molecule is COc1ccc(C(=O)NC(C(=O)Nc2nc(-c3cccs3)cs2)C(C)C)cc1. The number of carbonyl (C=O) groups is 2. The van der Waals surface area contributed by atoms with Crippen molar-refractivity contribution in [3.8, 4) is 16.3 Å². The van der Waals surface area contributed by atoms with Crippen LogP contribution in [0.2, 0.25) is 0 Å². The summed E-state index contributed by atoms with van der Waals surface area (Å²) in [6.07, 6.45) is 0. The molecule has 0 aliphatic rings. The van der Waals surface area contributed by atoms with Gasteiger partial charge in [-0.15, -0.1) is 22.7 Å². The molecule has 0 spiro atoms. The van der Waals surface area contributed by atoms with Crippen LogP contribution in [0, 0.1) is 5.92 Å². The highest BCUT2D eigenvalue weighted by molar-refractivity contribution is 7.16. The number of nitrogens with one attached hydrogen (secondary N) is 2.